The fourth-order valence-electron chi connectivity index (χ4n) is 2.83. The van der Waals surface area contributed by atoms with E-state index in [1.165, 1.54) is 11.8 Å². The van der Waals surface area contributed by atoms with E-state index in [1.54, 1.807) is 0 Å². The second kappa shape index (κ2) is 9.90. The monoisotopic (exact) mass is 389 g/mol. The molecule has 3 aromatic carbocycles. The minimum absolute atomic E-state index is 0.0132. The molecule has 0 spiro atoms. The van der Waals surface area contributed by atoms with Crippen LogP contribution in [0.25, 0.3) is 11.1 Å². The summed E-state index contributed by atoms with van der Waals surface area (Å²) < 4.78 is 0. The van der Waals surface area contributed by atoms with Crippen molar-refractivity contribution in [2.24, 2.45) is 0 Å². The molecule has 0 aliphatic rings. The predicted octanol–water partition coefficient (Wildman–Crippen LogP) is 6.07. The molecule has 3 nitrogen and oxygen atoms in total. The highest BCUT2D eigenvalue weighted by atomic mass is 32.2. The van der Waals surface area contributed by atoms with Crippen molar-refractivity contribution in [1.29, 1.82) is 0 Å². The van der Waals surface area contributed by atoms with E-state index in [4.69, 9.17) is 0 Å². The molecule has 3 rings (SSSR count). The van der Waals surface area contributed by atoms with Crippen LogP contribution in [0.2, 0.25) is 0 Å². The second-order valence-electron chi connectivity index (χ2n) is 6.48. The summed E-state index contributed by atoms with van der Waals surface area (Å²) in [6.45, 7) is 1.98. The third kappa shape index (κ3) is 5.57. The summed E-state index contributed by atoms with van der Waals surface area (Å²) in [6.07, 6.45) is 1.33. The summed E-state index contributed by atoms with van der Waals surface area (Å²) in [4.78, 5) is 25.2. The molecule has 142 valence electrons. The summed E-state index contributed by atoms with van der Waals surface area (Å²) in [5, 5.41) is 2.89. The lowest BCUT2D eigenvalue weighted by atomic mass is 10.0. The van der Waals surface area contributed by atoms with Crippen LogP contribution in [0, 0.1) is 0 Å². The maximum Gasteiger partial charge on any atom is 0.224 e. The van der Waals surface area contributed by atoms with Gasteiger partial charge in [0.25, 0.3) is 0 Å². The molecule has 0 bridgehead atoms. The van der Waals surface area contributed by atoms with Gasteiger partial charge in [0.1, 0.15) is 0 Å². The van der Waals surface area contributed by atoms with Gasteiger partial charge in [-0.3, -0.25) is 9.59 Å². The predicted molar refractivity (Wildman–Crippen MR) is 117 cm³/mol. The van der Waals surface area contributed by atoms with E-state index < -0.39 is 0 Å². The van der Waals surface area contributed by atoms with Crippen molar-refractivity contribution in [1.82, 2.24) is 0 Å². The molecule has 4 heteroatoms. The zero-order valence-electron chi connectivity index (χ0n) is 15.9. The van der Waals surface area contributed by atoms with Gasteiger partial charge in [-0.15, -0.1) is 11.8 Å². The number of rotatable bonds is 8. The Morgan fingerprint density at radius 2 is 1.57 bits per heavy atom. The Morgan fingerprint density at radius 1 is 0.857 bits per heavy atom. The Bertz CT molecular complexity index is 936. The summed E-state index contributed by atoms with van der Waals surface area (Å²) >= 11 is 1.48. The van der Waals surface area contributed by atoms with E-state index in [1.807, 2.05) is 73.7 Å². The van der Waals surface area contributed by atoms with Gasteiger partial charge < -0.3 is 5.32 Å². The van der Waals surface area contributed by atoms with E-state index in [0.29, 0.717) is 17.7 Å². The highest BCUT2D eigenvalue weighted by Gasteiger charge is 2.08. The first-order chi connectivity index (χ1) is 13.7. The number of Topliss-reactive ketones (excluding diaryl/α,β-unsaturated/α-hetero) is 1. The Labute approximate surface area is 170 Å². The molecule has 0 radical (unpaired) electrons. The first kappa shape index (κ1) is 19.9. The van der Waals surface area contributed by atoms with Crippen LogP contribution in [-0.2, 0) is 4.79 Å². The molecule has 0 saturated heterocycles. The number of carbonyl (C=O) groups excluding carboxylic acids is 2. The first-order valence-corrected chi connectivity index (χ1v) is 10.4. The average Bonchev–Trinajstić information content (AvgIpc) is 2.73. The van der Waals surface area contributed by atoms with Crippen molar-refractivity contribution < 1.29 is 9.59 Å². The molecule has 3 aromatic rings. The van der Waals surface area contributed by atoms with Crippen LogP contribution in [0.15, 0.2) is 83.8 Å². The number of hydrogen-bond donors (Lipinski definition) is 1. The Kier molecular flexibility index (Phi) is 7.04. The zero-order valence-corrected chi connectivity index (χ0v) is 16.7. The lowest BCUT2D eigenvalue weighted by molar-refractivity contribution is -0.116. The molecular formula is C24H23NO2S. The Morgan fingerprint density at radius 3 is 2.29 bits per heavy atom. The number of amides is 1. The lowest BCUT2D eigenvalue weighted by Gasteiger charge is -2.07. The Hall–Kier alpha value is -2.85. The molecule has 0 saturated carbocycles. The third-order valence-corrected chi connectivity index (χ3v) is 5.27. The number of thioether (sulfide) groups is 1. The third-order valence-electron chi connectivity index (χ3n) is 4.28. The molecule has 0 heterocycles. The summed E-state index contributed by atoms with van der Waals surface area (Å²) in [5.41, 5.74) is 3.71. The van der Waals surface area contributed by atoms with Crippen molar-refractivity contribution in [3.05, 3.63) is 84.4 Å². The topological polar surface area (TPSA) is 46.2 Å². The minimum Gasteiger partial charge on any atom is -0.326 e. The minimum atomic E-state index is 0.0132. The SMILES string of the molecule is CCCC(=O)Nc1cccc(SCC(=O)c2ccc(-c3ccccc3)cc2)c1. The van der Waals surface area contributed by atoms with Crippen LogP contribution in [0.5, 0.6) is 0 Å². The summed E-state index contributed by atoms with van der Waals surface area (Å²) in [7, 11) is 0. The molecular weight excluding hydrogens is 366 g/mol. The second-order valence-corrected chi connectivity index (χ2v) is 7.53. The molecule has 0 atom stereocenters. The molecule has 0 aliphatic carbocycles. The van der Waals surface area contributed by atoms with E-state index in [9.17, 15) is 9.59 Å². The Balaban J connectivity index is 1.59. The fraction of sp³-hybridized carbons (Fsp3) is 0.167. The van der Waals surface area contributed by atoms with Crippen molar-refractivity contribution in [3.8, 4) is 11.1 Å². The van der Waals surface area contributed by atoms with Crippen molar-refractivity contribution in [3.63, 3.8) is 0 Å². The van der Waals surface area contributed by atoms with Gasteiger partial charge in [0.15, 0.2) is 5.78 Å². The van der Waals surface area contributed by atoms with Gasteiger partial charge in [-0.2, -0.15) is 0 Å². The van der Waals surface area contributed by atoms with E-state index in [2.05, 4.69) is 17.4 Å². The average molecular weight is 390 g/mol. The van der Waals surface area contributed by atoms with Crippen molar-refractivity contribution >= 4 is 29.1 Å². The molecule has 0 unspecified atom stereocenters. The number of benzene rings is 3. The number of nitrogens with one attached hydrogen (secondary N) is 1. The maximum atomic E-state index is 12.5. The van der Waals surface area contributed by atoms with Gasteiger partial charge in [0, 0.05) is 22.6 Å². The molecule has 0 aliphatic heterocycles. The molecule has 1 N–H and O–H groups in total. The van der Waals surface area contributed by atoms with Crippen LogP contribution in [-0.4, -0.2) is 17.4 Å². The molecule has 1 amide bonds. The van der Waals surface area contributed by atoms with E-state index >= 15 is 0 Å². The largest absolute Gasteiger partial charge is 0.326 e. The highest BCUT2D eigenvalue weighted by Crippen LogP contribution is 2.24. The highest BCUT2D eigenvalue weighted by molar-refractivity contribution is 8.00. The standard InChI is InChI=1S/C24H23NO2S/c1-2-7-24(27)25-21-10-6-11-22(16-21)28-17-23(26)20-14-12-19(13-15-20)18-8-4-3-5-9-18/h3-6,8-16H,2,7,17H2,1H3,(H,25,27). The number of hydrogen-bond acceptors (Lipinski definition) is 3. The van der Waals surface area contributed by atoms with Crippen LogP contribution in [0.4, 0.5) is 5.69 Å². The maximum absolute atomic E-state index is 12.5. The quantitative estimate of drug-likeness (QED) is 0.376. The lowest BCUT2D eigenvalue weighted by Crippen LogP contribution is -2.10. The smallest absolute Gasteiger partial charge is 0.224 e. The van der Waals surface area contributed by atoms with E-state index in [-0.39, 0.29) is 11.7 Å². The van der Waals surface area contributed by atoms with Gasteiger partial charge in [0.05, 0.1) is 5.75 Å². The summed E-state index contributed by atoms with van der Waals surface area (Å²) in [6, 6.07) is 25.4. The number of ketones is 1. The van der Waals surface area contributed by atoms with Gasteiger partial charge in [-0.25, -0.2) is 0 Å². The molecule has 28 heavy (non-hydrogen) atoms. The van der Waals surface area contributed by atoms with Crippen molar-refractivity contribution in [2.75, 3.05) is 11.1 Å². The van der Waals surface area contributed by atoms with Crippen LogP contribution < -0.4 is 5.32 Å². The number of carbonyl (C=O) groups is 2. The van der Waals surface area contributed by atoms with Crippen LogP contribution >= 0.6 is 11.8 Å². The normalized spacial score (nSPS) is 10.5. The van der Waals surface area contributed by atoms with E-state index in [0.717, 1.165) is 28.1 Å². The van der Waals surface area contributed by atoms with Gasteiger partial charge in [-0.1, -0.05) is 67.6 Å². The zero-order chi connectivity index (χ0) is 19.8. The first-order valence-electron chi connectivity index (χ1n) is 9.37. The molecule has 0 fully saturated rings. The summed E-state index contributed by atoms with van der Waals surface area (Å²) in [5.74, 6) is 0.459. The van der Waals surface area contributed by atoms with Crippen LogP contribution in [0.3, 0.4) is 0 Å². The molecule has 0 aromatic heterocycles. The van der Waals surface area contributed by atoms with Gasteiger partial charge >= 0.3 is 0 Å². The van der Waals surface area contributed by atoms with Gasteiger partial charge in [0.2, 0.25) is 5.91 Å². The number of anilines is 1. The van der Waals surface area contributed by atoms with Crippen molar-refractivity contribution in [2.45, 2.75) is 24.7 Å². The van der Waals surface area contributed by atoms with Crippen LogP contribution in [0.1, 0.15) is 30.1 Å². The fourth-order valence-corrected chi connectivity index (χ4v) is 3.68. The van der Waals surface area contributed by atoms with Gasteiger partial charge in [-0.05, 0) is 35.7 Å².